The average molecular weight is 261 g/mol. The molecule has 0 N–H and O–H groups in total. The summed E-state index contributed by atoms with van der Waals surface area (Å²) >= 11 is 12.5. The number of hydrogen-bond acceptors (Lipinski definition) is 1. The van der Waals surface area contributed by atoms with Gasteiger partial charge in [0.1, 0.15) is 0 Å². The first-order valence-corrected chi connectivity index (χ1v) is 6.74. The monoisotopic (exact) mass is 260 g/mol. The van der Waals surface area contributed by atoms with E-state index in [1.165, 1.54) is 5.69 Å². The summed E-state index contributed by atoms with van der Waals surface area (Å²) in [6.07, 6.45) is 6.02. The molecule has 0 spiro atoms. The highest BCUT2D eigenvalue weighted by Crippen LogP contribution is 2.45. The Morgan fingerprint density at radius 3 is 2.94 bits per heavy atom. The van der Waals surface area contributed by atoms with Gasteiger partial charge in [-0.25, -0.2) is 0 Å². The molecule has 0 aromatic carbocycles. The molecule has 16 heavy (non-hydrogen) atoms. The minimum Gasteiger partial charge on any atom is -0.267 e. The predicted octanol–water partition coefficient (Wildman–Crippen LogP) is 4.00. The maximum absolute atomic E-state index is 6.27. The molecule has 1 aromatic heterocycles. The molecule has 90 valence electrons. The van der Waals surface area contributed by atoms with E-state index in [9.17, 15) is 0 Å². The van der Waals surface area contributed by atoms with Crippen molar-refractivity contribution in [2.45, 2.75) is 56.9 Å². The van der Waals surface area contributed by atoms with Crippen molar-refractivity contribution in [1.82, 2.24) is 9.78 Å². The molecule has 2 unspecified atom stereocenters. The van der Waals surface area contributed by atoms with Gasteiger partial charge < -0.3 is 0 Å². The first-order valence-electron chi connectivity index (χ1n) is 5.92. The SMILES string of the molecule is CCCn1ncc(Cl)c1C1(C)CCC(Cl)C1. The Morgan fingerprint density at radius 1 is 1.62 bits per heavy atom. The van der Waals surface area contributed by atoms with Crippen LogP contribution in [0.3, 0.4) is 0 Å². The smallest absolute Gasteiger partial charge is 0.0823 e. The van der Waals surface area contributed by atoms with Crippen LogP contribution >= 0.6 is 23.2 Å². The third-order valence-electron chi connectivity index (χ3n) is 3.48. The second kappa shape index (κ2) is 4.58. The maximum Gasteiger partial charge on any atom is 0.0823 e. The highest BCUT2D eigenvalue weighted by molar-refractivity contribution is 6.31. The van der Waals surface area contributed by atoms with E-state index in [1.54, 1.807) is 6.20 Å². The van der Waals surface area contributed by atoms with Crippen LogP contribution in [-0.4, -0.2) is 15.2 Å². The van der Waals surface area contributed by atoms with Crippen LogP contribution in [0, 0.1) is 0 Å². The Bertz CT molecular complexity index is 375. The van der Waals surface area contributed by atoms with E-state index in [2.05, 4.69) is 23.6 Å². The highest BCUT2D eigenvalue weighted by atomic mass is 35.5. The van der Waals surface area contributed by atoms with Gasteiger partial charge in [0, 0.05) is 17.3 Å². The summed E-state index contributed by atoms with van der Waals surface area (Å²) in [4.78, 5) is 0. The van der Waals surface area contributed by atoms with Crippen LogP contribution in [0.2, 0.25) is 5.02 Å². The number of alkyl halides is 1. The van der Waals surface area contributed by atoms with Crippen molar-refractivity contribution >= 4 is 23.2 Å². The molecular formula is C12H18Cl2N2. The molecule has 0 radical (unpaired) electrons. The number of hydrogen-bond donors (Lipinski definition) is 0. The van der Waals surface area contributed by atoms with Gasteiger partial charge in [-0.05, 0) is 25.7 Å². The van der Waals surface area contributed by atoms with Crippen molar-refractivity contribution in [2.24, 2.45) is 0 Å². The number of aryl methyl sites for hydroxylation is 1. The summed E-state index contributed by atoms with van der Waals surface area (Å²) in [7, 11) is 0. The molecule has 2 rings (SSSR count). The zero-order valence-corrected chi connectivity index (χ0v) is 11.4. The quantitative estimate of drug-likeness (QED) is 0.752. The molecule has 0 saturated heterocycles. The number of rotatable bonds is 3. The molecule has 0 bridgehead atoms. The summed E-state index contributed by atoms with van der Waals surface area (Å²) in [5, 5.41) is 5.44. The van der Waals surface area contributed by atoms with E-state index >= 15 is 0 Å². The van der Waals surface area contributed by atoms with E-state index in [4.69, 9.17) is 23.2 Å². The van der Waals surface area contributed by atoms with Crippen molar-refractivity contribution in [3.8, 4) is 0 Å². The van der Waals surface area contributed by atoms with Crippen LogP contribution in [0.15, 0.2) is 6.20 Å². The van der Waals surface area contributed by atoms with Gasteiger partial charge in [0.15, 0.2) is 0 Å². The van der Waals surface area contributed by atoms with Crippen molar-refractivity contribution in [1.29, 1.82) is 0 Å². The molecule has 1 saturated carbocycles. The summed E-state index contributed by atoms with van der Waals surface area (Å²) in [5.74, 6) is 0. The molecule has 1 aromatic rings. The minimum atomic E-state index is 0.106. The summed E-state index contributed by atoms with van der Waals surface area (Å²) in [6, 6.07) is 0. The van der Waals surface area contributed by atoms with E-state index in [-0.39, 0.29) is 10.8 Å². The lowest BCUT2D eigenvalue weighted by Gasteiger charge is -2.25. The molecular weight excluding hydrogens is 243 g/mol. The first-order chi connectivity index (χ1) is 7.57. The Labute approximate surface area is 107 Å². The lowest BCUT2D eigenvalue weighted by Crippen LogP contribution is -2.23. The summed E-state index contributed by atoms with van der Waals surface area (Å²) in [5.41, 5.74) is 1.29. The third kappa shape index (κ3) is 2.10. The summed E-state index contributed by atoms with van der Waals surface area (Å²) in [6.45, 7) is 5.34. The second-order valence-electron chi connectivity index (χ2n) is 4.96. The number of aromatic nitrogens is 2. The molecule has 1 aliphatic rings. The molecule has 2 nitrogen and oxygen atoms in total. The minimum absolute atomic E-state index is 0.106. The Balaban J connectivity index is 2.34. The fraction of sp³-hybridized carbons (Fsp3) is 0.750. The van der Waals surface area contributed by atoms with E-state index in [1.807, 2.05) is 0 Å². The number of halogens is 2. The van der Waals surface area contributed by atoms with E-state index < -0.39 is 0 Å². The molecule has 1 aliphatic carbocycles. The average Bonchev–Trinajstić information content (AvgIpc) is 2.73. The topological polar surface area (TPSA) is 17.8 Å². The predicted molar refractivity (Wildman–Crippen MR) is 68.4 cm³/mol. The van der Waals surface area contributed by atoms with Crippen LogP contribution in [0.5, 0.6) is 0 Å². The highest BCUT2D eigenvalue weighted by Gasteiger charge is 2.39. The zero-order chi connectivity index (χ0) is 11.8. The maximum atomic E-state index is 6.27. The van der Waals surface area contributed by atoms with Gasteiger partial charge >= 0.3 is 0 Å². The van der Waals surface area contributed by atoms with Gasteiger partial charge in [-0.2, -0.15) is 5.10 Å². The van der Waals surface area contributed by atoms with Crippen molar-refractivity contribution in [3.05, 3.63) is 16.9 Å². The van der Waals surface area contributed by atoms with E-state index in [0.717, 1.165) is 37.3 Å². The van der Waals surface area contributed by atoms with Crippen LogP contribution < -0.4 is 0 Å². The van der Waals surface area contributed by atoms with Crippen LogP contribution in [0.25, 0.3) is 0 Å². The number of nitrogens with zero attached hydrogens (tertiary/aromatic N) is 2. The van der Waals surface area contributed by atoms with Gasteiger partial charge in [-0.15, -0.1) is 11.6 Å². The molecule has 1 heterocycles. The van der Waals surface area contributed by atoms with Crippen molar-refractivity contribution < 1.29 is 0 Å². The van der Waals surface area contributed by atoms with Gasteiger partial charge in [-0.3, -0.25) is 4.68 Å². The Kier molecular flexibility index (Phi) is 3.50. The lowest BCUT2D eigenvalue weighted by atomic mass is 9.85. The standard InChI is InChI=1S/C12H18Cl2N2/c1-3-6-16-11(10(14)8-15-16)12(2)5-4-9(13)7-12/h8-9H,3-7H2,1-2H3. The third-order valence-corrected chi connectivity index (χ3v) is 4.13. The van der Waals surface area contributed by atoms with Crippen molar-refractivity contribution in [2.75, 3.05) is 0 Å². The molecule has 0 amide bonds. The second-order valence-corrected chi connectivity index (χ2v) is 5.99. The van der Waals surface area contributed by atoms with Gasteiger partial charge in [0.05, 0.1) is 16.9 Å². The molecule has 1 fully saturated rings. The Hall–Kier alpha value is -0.210. The summed E-state index contributed by atoms with van der Waals surface area (Å²) < 4.78 is 2.05. The normalized spacial score (nSPS) is 29.9. The molecule has 4 heteroatoms. The van der Waals surface area contributed by atoms with Crippen LogP contribution in [0.4, 0.5) is 0 Å². The largest absolute Gasteiger partial charge is 0.267 e. The van der Waals surface area contributed by atoms with Crippen LogP contribution in [0.1, 0.15) is 45.2 Å². The molecule has 2 atom stereocenters. The zero-order valence-electron chi connectivity index (χ0n) is 9.84. The lowest BCUT2D eigenvalue weighted by molar-refractivity contribution is 0.427. The van der Waals surface area contributed by atoms with Crippen molar-refractivity contribution in [3.63, 3.8) is 0 Å². The Morgan fingerprint density at radius 2 is 2.38 bits per heavy atom. The van der Waals surface area contributed by atoms with E-state index in [0.29, 0.717) is 0 Å². The fourth-order valence-corrected chi connectivity index (χ4v) is 3.55. The van der Waals surface area contributed by atoms with Gasteiger partial charge in [0.2, 0.25) is 0 Å². The molecule has 0 aliphatic heterocycles. The van der Waals surface area contributed by atoms with Gasteiger partial charge in [-0.1, -0.05) is 25.4 Å². The fourth-order valence-electron chi connectivity index (χ4n) is 2.73. The first kappa shape index (κ1) is 12.3. The van der Waals surface area contributed by atoms with Crippen LogP contribution in [-0.2, 0) is 12.0 Å². The van der Waals surface area contributed by atoms with Gasteiger partial charge in [0.25, 0.3) is 0 Å².